The topological polar surface area (TPSA) is 55.0 Å². The van der Waals surface area contributed by atoms with Crippen LogP contribution < -0.4 is 10.6 Å². The normalized spacial score (nSPS) is 14.3. The smallest absolute Gasteiger partial charge is 0.0889 e. The fraction of sp³-hybridized carbons (Fsp3) is 0.333. The zero-order chi connectivity index (χ0) is 13.2. The van der Waals surface area contributed by atoms with Crippen molar-refractivity contribution in [3.63, 3.8) is 0 Å². The minimum absolute atomic E-state index is 0.425. The number of fused-ring (bicyclic) bond motifs is 1. The first-order valence-corrected chi connectivity index (χ1v) is 6.63. The Balaban J connectivity index is 2.01. The number of hydrogen-bond acceptors (Lipinski definition) is 4. The van der Waals surface area contributed by atoms with Gasteiger partial charge in [0, 0.05) is 37.6 Å². The third-order valence-electron chi connectivity index (χ3n) is 3.62. The van der Waals surface area contributed by atoms with E-state index in [2.05, 4.69) is 40.1 Å². The van der Waals surface area contributed by atoms with Crippen molar-refractivity contribution in [1.29, 1.82) is 0 Å². The maximum atomic E-state index is 5.62. The lowest BCUT2D eigenvalue weighted by atomic mass is 9.98. The summed E-state index contributed by atoms with van der Waals surface area (Å²) in [6.07, 6.45) is 5.86. The lowest BCUT2D eigenvalue weighted by Gasteiger charge is -2.27. The van der Waals surface area contributed by atoms with Gasteiger partial charge in [0.05, 0.1) is 17.6 Å². The van der Waals surface area contributed by atoms with Crippen LogP contribution in [0.25, 0.3) is 11.3 Å². The average Bonchev–Trinajstić information content (AvgIpc) is 2.47. The highest BCUT2D eigenvalue weighted by Crippen LogP contribution is 2.29. The highest BCUT2D eigenvalue weighted by Gasteiger charge is 2.14. The van der Waals surface area contributed by atoms with Gasteiger partial charge < -0.3 is 10.6 Å². The van der Waals surface area contributed by atoms with Crippen molar-refractivity contribution in [2.45, 2.75) is 19.4 Å². The Morgan fingerprint density at radius 3 is 3.05 bits per heavy atom. The first kappa shape index (κ1) is 12.1. The minimum Gasteiger partial charge on any atom is -0.374 e. The summed E-state index contributed by atoms with van der Waals surface area (Å²) in [5.74, 6) is 0. The van der Waals surface area contributed by atoms with Crippen LogP contribution in [0.5, 0.6) is 0 Å². The van der Waals surface area contributed by atoms with Gasteiger partial charge in [0.1, 0.15) is 0 Å². The Morgan fingerprint density at radius 2 is 2.21 bits per heavy atom. The van der Waals surface area contributed by atoms with E-state index in [0.29, 0.717) is 6.54 Å². The molecule has 0 unspecified atom stereocenters. The summed E-state index contributed by atoms with van der Waals surface area (Å²) >= 11 is 0. The van der Waals surface area contributed by atoms with Gasteiger partial charge in [0.15, 0.2) is 0 Å². The van der Waals surface area contributed by atoms with Crippen LogP contribution in [-0.4, -0.2) is 23.6 Å². The van der Waals surface area contributed by atoms with Gasteiger partial charge in [-0.15, -0.1) is 0 Å². The molecule has 2 aromatic rings. The predicted octanol–water partition coefficient (Wildman–Crippen LogP) is 1.98. The van der Waals surface area contributed by atoms with Gasteiger partial charge in [0.2, 0.25) is 0 Å². The number of benzene rings is 1. The van der Waals surface area contributed by atoms with Crippen LogP contribution in [0, 0.1) is 0 Å². The number of nitrogens with two attached hydrogens (primary N) is 1. The molecule has 1 aliphatic heterocycles. The van der Waals surface area contributed by atoms with Crippen molar-refractivity contribution in [2.24, 2.45) is 5.73 Å². The molecular formula is C15H18N4. The minimum atomic E-state index is 0.425. The van der Waals surface area contributed by atoms with Crippen molar-refractivity contribution in [1.82, 2.24) is 9.97 Å². The molecule has 4 heteroatoms. The van der Waals surface area contributed by atoms with E-state index < -0.39 is 0 Å². The fourth-order valence-electron chi connectivity index (χ4n) is 2.59. The molecule has 2 N–H and O–H groups in total. The molecule has 0 radical (unpaired) electrons. The molecule has 4 nitrogen and oxygen atoms in total. The van der Waals surface area contributed by atoms with Gasteiger partial charge in [-0.05, 0) is 30.5 Å². The fourth-order valence-corrected chi connectivity index (χ4v) is 2.59. The number of aromatic nitrogens is 2. The molecule has 98 valence electrons. The number of hydrogen-bond donors (Lipinski definition) is 1. The Labute approximate surface area is 113 Å². The van der Waals surface area contributed by atoms with Gasteiger partial charge in [-0.3, -0.25) is 4.98 Å². The number of nitrogens with zero attached hydrogens (tertiary/aromatic N) is 3. The van der Waals surface area contributed by atoms with Gasteiger partial charge in [-0.25, -0.2) is 4.98 Å². The van der Waals surface area contributed by atoms with E-state index in [4.69, 9.17) is 5.73 Å². The van der Waals surface area contributed by atoms with Crippen molar-refractivity contribution >= 4 is 5.69 Å². The Kier molecular flexibility index (Phi) is 3.17. The molecule has 0 spiro atoms. The molecular weight excluding hydrogens is 236 g/mol. The molecule has 1 aliphatic rings. The molecule has 0 atom stereocenters. The molecule has 0 fully saturated rings. The maximum absolute atomic E-state index is 5.62. The van der Waals surface area contributed by atoms with E-state index in [1.165, 1.54) is 17.7 Å². The second-order valence-corrected chi connectivity index (χ2v) is 4.97. The SMILES string of the molecule is CN1CCCc2cc(-c3cncc(CN)n3)ccc21. The summed E-state index contributed by atoms with van der Waals surface area (Å²) in [5, 5.41) is 0. The van der Waals surface area contributed by atoms with Crippen LogP contribution in [0.15, 0.2) is 30.6 Å². The average molecular weight is 254 g/mol. The largest absolute Gasteiger partial charge is 0.374 e. The summed E-state index contributed by atoms with van der Waals surface area (Å²) in [6, 6.07) is 6.53. The van der Waals surface area contributed by atoms with E-state index >= 15 is 0 Å². The number of anilines is 1. The first-order valence-electron chi connectivity index (χ1n) is 6.63. The monoisotopic (exact) mass is 254 g/mol. The van der Waals surface area contributed by atoms with E-state index in [0.717, 1.165) is 29.9 Å². The summed E-state index contributed by atoms with van der Waals surface area (Å²) < 4.78 is 0. The molecule has 1 aromatic heterocycles. The van der Waals surface area contributed by atoms with Crippen LogP contribution in [0.2, 0.25) is 0 Å². The number of aryl methyl sites for hydroxylation is 1. The summed E-state index contributed by atoms with van der Waals surface area (Å²) in [6.45, 7) is 1.56. The van der Waals surface area contributed by atoms with E-state index in [1.807, 2.05) is 0 Å². The van der Waals surface area contributed by atoms with Crippen LogP contribution in [-0.2, 0) is 13.0 Å². The molecule has 3 rings (SSSR count). The maximum Gasteiger partial charge on any atom is 0.0889 e. The third kappa shape index (κ3) is 2.31. The molecule has 19 heavy (non-hydrogen) atoms. The summed E-state index contributed by atoms with van der Waals surface area (Å²) in [4.78, 5) is 11.0. The quantitative estimate of drug-likeness (QED) is 0.890. The van der Waals surface area contributed by atoms with Crippen LogP contribution >= 0.6 is 0 Å². The second-order valence-electron chi connectivity index (χ2n) is 4.97. The lowest BCUT2D eigenvalue weighted by molar-refractivity contribution is 0.744. The van der Waals surface area contributed by atoms with Gasteiger partial charge in [-0.2, -0.15) is 0 Å². The lowest BCUT2D eigenvalue weighted by Crippen LogP contribution is -2.24. The molecule has 0 amide bonds. The number of rotatable bonds is 2. The van der Waals surface area contributed by atoms with E-state index in [-0.39, 0.29) is 0 Å². The summed E-state index contributed by atoms with van der Waals surface area (Å²) in [7, 11) is 2.15. The molecule has 2 heterocycles. The highest BCUT2D eigenvalue weighted by atomic mass is 15.1. The zero-order valence-electron chi connectivity index (χ0n) is 11.1. The Bertz CT molecular complexity index is 594. The highest BCUT2D eigenvalue weighted by molar-refractivity contribution is 5.66. The van der Waals surface area contributed by atoms with Gasteiger partial charge in [-0.1, -0.05) is 6.07 Å². The van der Waals surface area contributed by atoms with Crippen molar-refractivity contribution in [3.8, 4) is 11.3 Å². The van der Waals surface area contributed by atoms with Crippen LogP contribution in [0.4, 0.5) is 5.69 Å². The Hall–Kier alpha value is -1.94. The molecule has 1 aromatic carbocycles. The summed E-state index contributed by atoms with van der Waals surface area (Å²) in [5.41, 5.74) is 11.2. The zero-order valence-corrected chi connectivity index (χ0v) is 11.1. The van der Waals surface area contributed by atoms with Crippen LogP contribution in [0.3, 0.4) is 0 Å². The van der Waals surface area contributed by atoms with Crippen molar-refractivity contribution < 1.29 is 0 Å². The second kappa shape index (κ2) is 4.97. The first-order chi connectivity index (χ1) is 9.28. The molecule has 0 aliphatic carbocycles. The van der Waals surface area contributed by atoms with E-state index in [9.17, 15) is 0 Å². The van der Waals surface area contributed by atoms with Crippen molar-refractivity contribution in [3.05, 3.63) is 41.9 Å². The molecule has 0 saturated carbocycles. The molecule has 0 bridgehead atoms. The van der Waals surface area contributed by atoms with Gasteiger partial charge >= 0.3 is 0 Å². The standard InChI is InChI=1S/C15H18N4/c1-19-6-2-3-12-7-11(4-5-15(12)19)14-10-17-9-13(8-16)18-14/h4-5,7,9-10H,2-3,6,8,16H2,1H3. The van der Waals surface area contributed by atoms with E-state index in [1.54, 1.807) is 12.4 Å². The van der Waals surface area contributed by atoms with Crippen LogP contribution in [0.1, 0.15) is 17.7 Å². The third-order valence-corrected chi connectivity index (χ3v) is 3.62. The molecule has 0 saturated heterocycles. The predicted molar refractivity (Wildman–Crippen MR) is 77.0 cm³/mol. The van der Waals surface area contributed by atoms with Gasteiger partial charge in [0.25, 0.3) is 0 Å². The Morgan fingerprint density at radius 1 is 1.32 bits per heavy atom. The van der Waals surface area contributed by atoms with Crippen molar-refractivity contribution in [2.75, 3.05) is 18.5 Å².